The van der Waals surface area contributed by atoms with Gasteiger partial charge in [-0.25, -0.2) is 13.2 Å². The van der Waals surface area contributed by atoms with Crippen LogP contribution in [0, 0.1) is 40.4 Å². The number of ether oxygens (including phenoxy) is 1. The van der Waals surface area contributed by atoms with Gasteiger partial charge in [-0.15, -0.1) is 0 Å². The highest BCUT2D eigenvalue weighted by Crippen LogP contribution is 2.72. The van der Waals surface area contributed by atoms with Gasteiger partial charge in [0.25, 0.3) is 0 Å². The average Bonchev–Trinajstić information content (AvgIpc) is 3.06. The van der Waals surface area contributed by atoms with Crippen LogP contribution in [-0.4, -0.2) is 51.8 Å². The van der Waals surface area contributed by atoms with Crippen molar-refractivity contribution >= 4 is 28.6 Å². The van der Waals surface area contributed by atoms with Crippen LogP contribution in [0.15, 0.2) is 23.6 Å². The van der Waals surface area contributed by atoms with Gasteiger partial charge >= 0.3 is 5.97 Å². The van der Waals surface area contributed by atoms with Crippen LogP contribution in [0.3, 0.4) is 0 Å². The number of aliphatic hydroxyl groups excluding tert-OH is 1. The van der Waals surface area contributed by atoms with E-state index in [-0.39, 0.29) is 49.2 Å². The summed E-state index contributed by atoms with van der Waals surface area (Å²) in [5.74, 6) is 1.14. The molecule has 5 nitrogen and oxygen atoms in total. The Bertz CT molecular complexity index is 1140. The van der Waals surface area contributed by atoms with Gasteiger partial charge in [-0.05, 0) is 37.3 Å². The topological polar surface area (TPSA) is 80.7 Å². The second kappa shape index (κ2) is 9.60. The molecule has 0 spiro atoms. The van der Waals surface area contributed by atoms with Crippen molar-refractivity contribution in [1.29, 1.82) is 0 Å². The lowest BCUT2D eigenvalue weighted by molar-refractivity contribution is -0.223. The van der Waals surface area contributed by atoms with E-state index in [9.17, 15) is 23.9 Å². The summed E-state index contributed by atoms with van der Waals surface area (Å²) in [4.78, 5) is 38.5. The van der Waals surface area contributed by atoms with Crippen molar-refractivity contribution in [2.75, 3.05) is 12.4 Å². The maximum Gasteiger partial charge on any atom is 0.306 e. The van der Waals surface area contributed by atoms with Gasteiger partial charge in [0.05, 0.1) is 11.9 Å². The SMILES string of the molecule is CCC(=O)O[C@]1(C(=O)SCC#CCF)[C@H](C)CC2C3CC(F)=C4CC(=O)C=C[C@]4(C)[C@@]3(F)[C@@H](O)C[C@@]21C. The number of carbonyl (C=O) groups excluding carboxylic acids is 3. The third-order valence-corrected chi connectivity index (χ3v) is 10.4. The third kappa shape index (κ3) is 3.76. The summed E-state index contributed by atoms with van der Waals surface area (Å²) in [6.07, 6.45) is 0.553. The van der Waals surface area contributed by atoms with Crippen LogP contribution in [0.5, 0.6) is 0 Å². The molecular weight excluding hydrogens is 505 g/mol. The number of carbonyl (C=O) groups is 3. The summed E-state index contributed by atoms with van der Waals surface area (Å²) in [5, 5.41) is 11.0. The molecule has 0 amide bonds. The normalized spacial score (nSPS) is 42.3. The van der Waals surface area contributed by atoms with Crippen molar-refractivity contribution < 1.29 is 37.4 Å². The molecule has 0 saturated heterocycles. The molecule has 4 aliphatic carbocycles. The number of ketones is 1. The van der Waals surface area contributed by atoms with Crippen molar-refractivity contribution in [2.45, 2.75) is 77.2 Å². The molecule has 2 fully saturated rings. The van der Waals surface area contributed by atoms with Crippen LogP contribution in [0.2, 0.25) is 0 Å². The van der Waals surface area contributed by atoms with E-state index < -0.39 is 69.5 Å². The first-order valence-corrected chi connectivity index (χ1v) is 13.7. The second-order valence-electron chi connectivity index (χ2n) is 11.1. The standard InChI is InChI=1S/C28H33F3O5S/c1-5-23(34)36-28(24(35)37-11-7-6-10-29)16(2)12-18-19-14-21(30)20-13-17(32)8-9-25(20,3)27(19,31)22(33)15-26(18,28)4/h8-9,16,18-19,22,33H,5,10-15H2,1-4H3/t16-,18?,19?,22+,25+,26+,27+,28+/m1/s1. The smallest absolute Gasteiger partial charge is 0.306 e. The minimum atomic E-state index is -2.29. The van der Waals surface area contributed by atoms with Crippen LogP contribution < -0.4 is 0 Å². The molecule has 202 valence electrons. The quantitative estimate of drug-likeness (QED) is 0.408. The minimum absolute atomic E-state index is 0.00543. The van der Waals surface area contributed by atoms with Gasteiger partial charge in [0.2, 0.25) is 5.12 Å². The summed E-state index contributed by atoms with van der Waals surface area (Å²) in [5.41, 5.74) is -6.64. The molecule has 8 atom stereocenters. The first kappa shape index (κ1) is 28.0. The average molecular weight is 539 g/mol. The lowest BCUT2D eigenvalue weighted by Crippen LogP contribution is -2.69. The zero-order valence-corrected chi connectivity index (χ0v) is 22.4. The van der Waals surface area contributed by atoms with Crippen molar-refractivity contribution in [3.05, 3.63) is 23.6 Å². The van der Waals surface area contributed by atoms with Gasteiger partial charge in [-0.3, -0.25) is 14.4 Å². The Balaban J connectivity index is 1.83. The Morgan fingerprint density at radius 1 is 1.27 bits per heavy atom. The zero-order chi connectivity index (χ0) is 27.4. The predicted molar refractivity (Wildman–Crippen MR) is 133 cm³/mol. The molecule has 0 heterocycles. The van der Waals surface area contributed by atoms with Crippen molar-refractivity contribution in [3.63, 3.8) is 0 Å². The number of hydrogen-bond acceptors (Lipinski definition) is 6. The summed E-state index contributed by atoms with van der Waals surface area (Å²) in [7, 11) is 0. The van der Waals surface area contributed by atoms with Gasteiger partial charge in [-0.1, -0.05) is 50.4 Å². The van der Waals surface area contributed by atoms with E-state index in [1.165, 1.54) is 19.1 Å². The molecule has 37 heavy (non-hydrogen) atoms. The number of aliphatic hydroxyl groups is 1. The van der Waals surface area contributed by atoms with Crippen molar-refractivity contribution in [3.8, 4) is 11.8 Å². The summed E-state index contributed by atoms with van der Waals surface area (Å²) in [6, 6.07) is 0. The minimum Gasteiger partial charge on any atom is -0.449 e. The van der Waals surface area contributed by atoms with Crippen LogP contribution >= 0.6 is 11.8 Å². The first-order valence-electron chi connectivity index (χ1n) is 12.7. The van der Waals surface area contributed by atoms with E-state index in [0.29, 0.717) is 0 Å². The second-order valence-corrected chi connectivity index (χ2v) is 12.1. The third-order valence-electron chi connectivity index (χ3n) is 9.53. The number of thioether (sulfide) groups is 1. The fourth-order valence-corrected chi connectivity index (χ4v) is 8.75. The van der Waals surface area contributed by atoms with Crippen LogP contribution in [-0.2, 0) is 19.1 Å². The zero-order valence-electron chi connectivity index (χ0n) is 21.5. The van der Waals surface area contributed by atoms with E-state index in [2.05, 4.69) is 11.8 Å². The molecule has 0 aliphatic heterocycles. The summed E-state index contributed by atoms with van der Waals surface area (Å²) < 4.78 is 51.3. The van der Waals surface area contributed by atoms with Crippen molar-refractivity contribution in [2.24, 2.45) is 28.6 Å². The lowest BCUT2D eigenvalue weighted by atomic mass is 9.45. The highest BCUT2D eigenvalue weighted by atomic mass is 32.2. The highest BCUT2D eigenvalue weighted by Gasteiger charge is 2.77. The van der Waals surface area contributed by atoms with E-state index in [1.54, 1.807) is 20.8 Å². The molecule has 0 aromatic carbocycles. The largest absolute Gasteiger partial charge is 0.449 e. The molecule has 0 aromatic rings. The number of allylic oxidation sites excluding steroid dienone is 4. The summed E-state index contributed by atoms with van der Waals surface area (Å²) in [6.45, 7) is 5.75. The molecular formula is C28H33F3O5S. The molecule has 1 N–H and O–H groups in total. The Morgan fingerprint density at radius 3 is 2.62 bits per heavy atom. The number of hydrogen-bond donors (Lipinski definition) is 1. The molecule has 0 bridgehead atoms. The fourth-order valence-electron chi connectivity index (χ4n) is 7.75. The van der Waals surface area contributed by atoms with E-state index in [1.807, 2.05) is 0 Å². The van der Waals surface area contributed by atoms with Crippen LogP contribution in [0.25, 0.3) is 0 Å². The number of rotatable bonds is 4. The molecule has 2 unspecified atom stereocenters. The Hall–Kier alpha value is -2.05. The maximum atomic E-state index is 17.4. The first-order chi connectivity index (χ1) is 17.3. The number of esters is 1. The van der Waals surface area contributed by atoms with E-state index in [0.717, 1.165) is 11.8 Å². The predicted octanol–water partition coefficient (Wildman–Crippen LogP) is 4.83. The van der Waals surface area contributed by atoms with Crippen LogP contribution in [0.1, 0.15) is 59.8 Å². The van der Waals surface area contributed by atoms with Crippen LogP contribution in [0.4, 0.5) is 13.2 Å². The van der Waals surface area contributed by atoms with Gasteiger partial charge < -0.3 is 9.84 Å². The van der Waals surface area contributed by atoms with E-state index in [4.69, 9.17) is 4.74 Å². The van der Waals surface area contributed by atoms with Crippen molar-refractivity contribution in [1.82, 2.24) is 0 Å². The molecule has 0 radical (unpaired) electrons. The fraction of sp³-hybridized carbons (Fsp3) is 0.679. The Morgan fingerprint density at radius 2 is 1.97 bits per heavy atom. The number of alkyl halides is 2. The summed E-state index contributed by atoms with van der Waals surface area (Å²) >= 11 is 0.807. The number of fused-ring (bicyclic) bond motifs is 5. The monoisotopic (exact) mass is 538 g/mol. The molecule has 0 aromatic heterocycles. The lowest BCUT2D eigenvalue weighted by Gasteiger charge is -2.62. The van der Waals surface area contributed by atoms with Gasteiger partial charge in [-0.2, -0.15) is 0 Å². The Kier molecular flexibility index (Phi) is 7.26. The molecule has 4 rings (SSSR count). The molecule has 4 aliphatic rings. The van der Waals surface area contributed by atoms with Gasteiger partial charge in [0.1, 0.15) is 12.5 Å². The van der Waals surface area contributed by atoms with E-state index >= 15 is 8.78 Å². The number of halogens is 3. The molecule has 2 saturated carbocycles. The van der Waals surface area contributed by atoms with Gasteiger partial charge in [0, 0.05) is 41.9 Å². The maximum absolute atomic E-state index is 17.4. The molecule has 9 heteroatoms. The van der Waals surface area contributed by atoms with Gasteiger partial charge in [0.15, 0.2) is 17.1 Å². The Labute approximate surface area is 219 Å². The highest BCUT2D eigenvalue weighted by molar-refractivity contribution is 8.14.